The van der Waals surface area contributed by atoms with Crippen LogP contribution in [0.1, 0.15) is 46.5 Å². The van der Waals surface area contributed by atoms with E-state index in [2.05, 4.69) is 26.1 Å². The third kappa shape index (κ3) is 5.10. The van der Waals surface area contributed by atoms with Gasteiger partial charge in [-0.15, -0.1) is 0 Å². The summed E-state index contributed by atoms with van der Waals surface area (Å²) in [5.74, 6) is 1.39. The van der Waals surface area contributed by atoms with Crippen LogP contribution in [0.5, 0.6) is 0 Å². The minimum absolute atomic E-state index is 0.0126. The fraction of sp³-hybridized carbons (Fsp3) is 0.889. The third-order valence-electron chi connectivity index (χ3n) is 5.25. The molecule has 6 nitrogen and oxygen atoms in total. The Balaban J connectivity index is 1.82. The minimum Gasteiger partial charge on any atom is -0.340 e. The molecule has 0 aliphatic carbocycles. The van der Waals surface area contributed by atoms with Crippen LogP contribution in [0.4, 0.5) is 4.79 Å². The molecule has 3 atom stereocenters. The van der Waals surface area contributed by atoms with Crippen molar-refractivity contribution in [2.75, 3.05) is 32.7 Å². The van der Waals surface area contributed by atoms with Gasteiger partial charge in [-0.25, -0.2) is 4.79 Å². The number of rotatable bonds is 5. The third-order valence-corrected chi connectivity index (χ3v) is 5.25. The number of piperidine rings is 1. The number of hydrogen-bond donors (Lipinski definition) is 2. The summed E-state index contributed by atoms with van der Waals surface area (Å²) in [5, 5.41) is 2.98. The quantitative estimate of drug-likeness (QED) is 0.800. The normalized spacial score (nSPS) is 27.6. The van der Waals surface area contributed by atoms with Gasteiger partial charge in [-0.2, -0.15) is 0 Å². The second-order valence-electron chi connectivity index (χ2n) is 7.97. The largest absolute Gasteiger partial charge is 0.340 e. The van der Waals surface area contributed by atoms with E-state index in [0.717, 1.165) is 32.4 Å². The molecule has 138 valence electrons. The summed E-state index contributed by atoms with van der Waals surface area (Å²) in [6, 6.07) is 0.304. The average molecular weight is 338 g/mol. The first-order valence-electron chi connectivity index (χ1n) is 9.43. The number of carbonyl (C=O) groups is 2. The maximum atomic E-state index is 12.6. The van der Waals surface area contributed by atoms with Crippen molar-refractivity contribution < 1.29 is 9.59 Å². The first-order valence-corrected chi connectivity index (χ1v) is 9.43. The van der Waals surface area contributed by atoms with E-state index < -0.39 is 0 Å². The van der Waals surface area contributed by atoms with E-state index in [4.69, 9.17) is 5.73 Å². The number of nitrogens with zero attached hydrogens (tertiary/aromatic N) is 2. The maximum absolute atomic E-state index is 12.6. The molecule has 3 amide bonds. The summed E-state index contributed by atoms with van der Waals surface area (Å²) in [4.78, 5) is 28.7. The van der Waals surface area contributed by atoms with E-state index in [9.17, 15) is 9.59 Å². The molecule has 0 radical (unpaired) electrons. The van der Waals surface area contributed by atoms with Crippen molar-refractivity contribution in [2.24, 2.45) is 23.5 Å². The predicted molar refractivity (Wildman–Crippen MR) is 95.5 cm³/mol. The van der Waals surface area contributed by atoms with Crippen LogP contribution in [-0.4, -0.2) is 60.5 Å². The predicted octanol–water partition coefficient (Wildman–Crippen LogP) is 1.65. The molecule has 24 heavy (non-hydrogen) atoms. The van der Waals surface area contributed by atoms with Gasteiger partial charge in [0.15, 0.2) is 0 Å². The van der Waals surface area contributed by atoms with Gasteiger partial charge in [0, 0.05) is 38.6 Å². The molecule has 2 fully saturated rings. The van der Waals surface area contributed by atoms with Crippen LogP contribution in [0.3, 0.4) is 0 Å². The summed E-state index contributed by atoms with van der Waals surface area (Å²) in [5.41, 5.74) is 5.75. The fourth-order valence-electron chi connectivity index (χ4n) is 3.84. The molecule has 2 rings (SSSR count). The number of urea groups is 1. The van der Waals surface area contributed by atoms with E-state index in [1.54, 1.807) is 0 Å². The van der Waals surface area contributed by atoms with Gasteiger partial charge < -0.3 is 20.9 Å². The van der Waals surface area contributed by atoms with Crippen LogP contribution < -0.4 is 11.1 Å². The molecule has 3 N–H and O–H groups in total. The molecule has 6 heteroatoms. The smallest absolute Gasteiger partial charge is 0.317 e. The Kier molecular flexibility index (Phi) is 6.90. The van der Waals surface area contributed by atoms with E-state index in [1.807, 2.05) is 9.80 Å². The van der Waals surface area contributed by atoms with Crippen LogP contribution in [0.2, 0.25) is 0 Å². The molecule has 0 aromatic rings. The number of amides is 3. The number of carbonyl (C=O) groups excluding carboxylic acids is 2. The van der Waals surface area contributed by atoms with Crippen molar-refractivity contribution in [2.45, 2.75) is 52.5 Å². The van der Waals surface area contributed by atoms with E-state index >= 15 is 0 Å². The van der Waals surface area contributed by atoms with Crippen LogP contribution in [0.25, 0.3) is 0 Å². The van der Waals surface area contributed by atoms with E-state index in [-0.39, 0.29) is 17.9 Å². The molecule has 0 bridgehead atoms. The topological polar surface area (TPSA) is 78.7 Å². The molecule has 0 aromatic carbocycles. The Labute approximate surface area is 146 Å². The molecule has 0 spiro atoms. The second-order valence-corrected chi connectivity index (χ2v) is 7.97. The van der Waals surface area contributed by atoms with Crippen molar-refractivity contribution in [1.29, 1.82) is 0 Å². The average Bonchev–Trinajstić information content (AvgIpc) is 2.94. The number of likely N-dealkylation sites (tertiary alicyclic amines) is 2. The molecule has 2 aliphatic heterocycles. The van der Waals surface area contributed by atoms with Crippen LogP contribution >= 0.6 is 0 Å². The standard InChI is InChI=1S/C18H34N4O2/c1-13(2)10-20-18(24)21-6-4-5-15(11-21)8-17(23)22-12-16(9-19)7-14(22)3/h13-16H,4-12,19H2,1-3H3,(H,20,24). The van der Waals surface area contributed by atoms with Gasteiger partial charge in [0.1, 0.15) is 0 Å². The first kappa shape index (κ1) is 19.0. The Bertz CT molecular complexity index is 441. The summed E-state index contributed by atoms with van der Waals surface area (Å²) < 4.78 is 0. The molecule has 3 unspecified atom stereocenters. The first-order chi connectivity index (χ1) is 11.4. The molecule has 2 aliphatic rings. The van der Waals surface area contributed by atoms with Crippen molar-refractivity contribution >= 4 is 11.9 Å². The number of nitrogens with two attached hydrogens (primary N) is 1. The SMILES string of the molecule is CC(C)CNC(=O)N1CCCC(CC(=O)N2CC(CN)CC2C)C1. The van der Waals surface area contributed by atoms with Gasteiger partial charge in [0.2, 0.25) is 5.91 Å². The summed E-state index contributed by atoms with van der Waals surface area (Å²) in [6.07, 6.45) is 3.57. The van der Waals surface area contributed by atoms with Crippen LogP contribution in [0, 0.1) is 17.8 Å². The molecule has 0 aromatic heterocycles. The van der Waals surface area contributed by atoms with Crippen molar-refractivity contribution in [3.8, 4) is 0 Å². The van der Waals surface area contributed by atoms with Crippen LogP contribution in [0.15, 0.2) is 0 Å². The minimum atomic E-state index is 0.0126. The van der Waals surface area contributed by atoms with Gasteiger partial charge in [-0.3, -0.25) is 4.79 Å². The van der Waals surface area contributed by atoms with E-state index in [0.29, 0.717) is 43.9 Å². The van der Waals surface area contributed by atoms with Gasteiger partial charge >= 0.3 is 6.03 Å². The second kappa shape index (κ2) is 8.70. The highest BCUT2D eigenvalue weighted by Crippen LogP contribution is 2.26. The Morgan fingerprint density at radius 3 is 2.62 bits per heavy atom. The van der Waals surface area contributed by atoms with Gasteiger partial charge in [-0.1, -0.05) is 13.8 Å². The highest BCUT2D eigenvalue weighted by atomic mass is 16.2. The molecular formula is C18H34N4O2. The number of nitrogens with one attached hydrogen (secondary N) is 1. The molecule has 2 heterocycles. The summed E-state index contributed by atoms with van der Waals surface area (Å²) >= 11 is 0. The molecule has 0 saturated carbocycles. The van der Waals surface area contributed by atoms with Crippen molar-refractivity contribution in [3.05, 3.63) is 0 Å². The van der Waals surface area contributed by atoms with E-state index in [1.165, 1.54) is 0 Å². The van der Waals surface area contributed by atoms with Crippen molar-refractivity contribution in [3.63, 3.8) is 0 Å². The highest BCUT2D eigenvalue weighted by Gasteiger charge is 2.33. The lowest BCUT2D eigenvalue weighted by Gasteiger charge is -2.34. The monoisotopic (exact) mass is 338 g/mol. The molecule has 2 saturated heterocycles. The zero-order valence-electron chi connectivity index (χ0n) is 15.5. The molecular weight excluding hydrogens is 304 g/mol. The zero-order valence-corrected chi connectivity index (χ0v) is 15.5. The van der Waals surface area contributed by atoms with Gasteiger partial charge in [0.05, 0.1) is 0 Å². The number of hydrogen-bond acceptors (Lipinski definition) is 3. The highest BCUT2D eigenvalue weighted by molar-refractivity contribution is 5.77. The van der Waals surface area contributed by atoms with Gasteiger partial charge in [0.25, 0.3) is 0 Å². The lowest BCUT2D eigenvalue weighted by molar-refractivity contribution is -0.133. The Morgan fingerprint density at radius 2 is 2.00 bits per heavy atom. The van der Waals surface area contributed by atoms with Gasteiger partial charge in [-0.05, 0) is 50.5 Å². The summed E-state index contributed by atoms with van der Waals surface area (Å²) in [7, 11) is 0. The Hall–Kier alpha value is -1.30. The summed E-state index contributed by atoms with van der Waals surface area (Å²) in [6.45, 7) is 9.92. The Morgan fingerprint density at radius 1 is 1.25 bits per heavy atom. The van der Waals surface area contributed by atoms with Crippen LogP contribution in [-0.2, 0) is 4.79 Å². The fourth-order valence-corrected chi connectivity index (χ4v) is 3.84. The lowest BCUT2D eigenvalue weighted by atomic mass is 9.94. The zero-order chi connectivity index (χ0) is 17.7. The lowest BCUT2D eigenvalue weighted by Crippen LogP contribution is -2.47. The van der Waals surface area contributed by atoms with Crippen molar-refractivity contribution in [1.82, 2.24) is 15.1 Å². The maximum Gasteiger partial charge on any atom is 0.317 e.